The fourth-order valence-electron chi connectivity index (χ4n) is 3.00. The highest BCUT2D eigenvalue weighted by atomic mass is 16.5. The average Bonchev–Trinajstić information content (AvgIpc) is 2.95. The van der Waals surface area contributed by atoms with Crippen LogP contribution in [0.2, 0.25) is 0 Å². The van der Waals surface area contributed by atoms with Gasteiger partial charge < -0.3 is 29.2 Å². The molecular weight excluding hydrogens is 378 g/mol. The van der Waals surface area contributed by atoms with E-state index in [2.05, 4.69) is 10.3 Å². The minimum Gasteiger partial charge on any atom is -0.491 e. The van der Waals surface area contributed by atoms with E-state index >= 15 is 0 Å². The third-order valence-electron chi connectivity index (χ3n) is 4.35. The predicted octanol–water partition coefficient (Wildman–Crippen LogP) is 1.72. The number of fused-ring (bicyclic) bond motifs is 1. The number of ether oxygens (including phenoxy) is 4. The molecule has 0 atom stereocenters. The first-order chi connectivity index (χ1) is 14.0. The van der Waals surface area contributed by atoms with Crippen LogP contribution in [-0.4, -0.2) is 62.8 Å². The van der Waals surface area contributed by atoms with Crippen LogP contribution in [0.3, 0.4) is 0 Å². The van der Waals surface area contributed by atoms with Crippen molar-refractivity contribution in [2.45, 2.75) is 6.54 Å². The normalized spacial score (nSPS) is 13.0. The van der Waals surface area contributed by atoms with Gasteiger partial charge >= 0.3 is 0 Å². The van der Waals surface area contributed by atoms with Crippen LogP contribution in [0.5, 0.6) is 17.5 Å². The zero-order valence-corrected chi connectivity index (χ0v) is 16.6. The van der Waals surface area contributed by atoms with Gasteiger partial charge in [0.05, 0.1) is 20.8 Å². The molecule has 9 nitrogen and oxygen atoms in total. The molecule has 1 N–H and O–H groups in total. The number of nitrogens with one attached hydrogen (secondary N) is 1. The number of hydrogen-bond donors (Lipinski definition) is 1. The van der Waals surface area contributed by atoms with Crippen LogP contribution in [-0.2, 0) is 16.1 Å². The van der Waals surface area contributed by atoms with Gasteiger partial charge in [-0.3, -0.25) is 9.59 Å². The summed E-state index contributed by atoms with van der Waals surface area (Å²) in [5.74, 6) is 0.732. The highest BCUT2D eigenvalue weighted by molar-refractivity contribution is 5.96. The molecule has 0 unspecified atom stereocenters. The Labute approximate surface area is 168 Å². The number of pyridine rings is 1. The number of rotatable bonds is 6. The molecule has 0 aliphatic carbocycles. The largest absolute Gasteiger partial charge is 0.491 e. The Morgan fingerprint density at radius 2 is 2.00 bits per heavy atom. The number of anilines is 1. The fourth-order valence-corrected chi connectivity index (χ4v) is 3.00. The molecule has 0 fully saturated rings. The van der Waals surface area contributed by atoms with Crippen LogP contribution < -0.4 is 19.5 Å². The van der Waals surface area contributed by atoms with Crippen molar-refractivity contribution >= 4 is 17.5 Å². The zero-order valence-electron chi connectivity index (χ0n) is 16.6. The van der Waals surface area contributed by atoms with Gasteiger partial charge in [0, 0.05) is 31.0 Å². The van der Waals surface area contributed by atoms with Crippen molar-refractivity contribution in [1.82, 2.24) is 9.88 Å². The molecule has 154 valence electrons. The van der Waals surface area contributed by atoms with E-state index in [-0.39, 0.29) is 24.3 Å². The van der Waals surface area contributed by atoms with Gasteiger partial charge in [0.1, 0.15) is 24.5 Å². The summed E-state index contributed by atoms with van der Waals surface area (Å²) < 4.78 is 20.9. The van der Waals surface area contributed by atoms with Gasteiger partial charge in [-0.25, -0.2) is 0 Å². The Kier molecular flexibility index (Phi) is 6.50. The first kappa shape index (κ1) is 20.4. The number of hydrogen-bond acceptors (Lipinski definition) is 7. The van der Waals surface area contributed by atoms with E-state index in [1.54, 1.807) is 35.2 Å². The molecule has 1 aliphatic rings. The van der Waals surface area contributed by atoms with E-state index in [0.717, 1.165) is 5.56 Å². The summed E-state index contributed by atoms with van der Waals surface area (Å²) in [6.07, 6.45) is 0. The van der Waals surface area contributed by atoms with Gasteiger partial charge in [-0.15, -0.1) is 0 Å². The summed E-state index contributed by atoms with van der Waals surface area (Å²) >= 11 is 0. The van der Waals surface area contributed by atoms with E-state index in [1.807, 2.05) is 0 Å². The molecule has 1 aromatic heterocycles. The monoisotopic (exact) mass is 401 g/mol. The third kappa shape index (κ3) is 4.75. The Morgan fingerprint density at radius 1 is 1.17 bits per heavy atom. The van der Waals surface area contributed by atoms with Gasteiger partial charge in [0.15, 0.2) is 0 Å². The number of nitrogens with zero attached hydrogens (tertiary/aromatic N) is 2. The van der Waals surface area contributed by atoms with E-state index in [9.17, 15) is 9.59 Å². The van der Waals surface area contributed by atoms with Crippen molar-refractivity contribution < 1.29 is 28.5 Å². The van der Waals surface area contributed by atoms with E-state index in [1.165, 1.54) is 21.3 Å². The summed E-state index contributed by atoms with van der Waals surface area (Å²) in [5, 5.41) is 2.75. The Balaban J connectivity index is 1.83. The van der Waals surface area contributed by atoms with Gasteiger partial charge in [0.2, 0.25) is 17.7 Å². The molecule has 0 spiro atoms. The van der Waals surface area contributed by atoms with Gasteiger partial charge in [-0.05, 0) is 24.3 Å². The Morgan fingerprint density at radius 3 is 2.72 bits per heavy atom. The highest BCUT2D eigenvalue weighted by Crippen LogP contribution is 2.28. The lowest BCUT2D eigenvalue weighted by atomic mass is 10.1. The molecule has 0 saturated carbocycles. The van der Waals surface area contributed by atoms with Crippen LogP contribution in [0.1, 0.15) is 15.9 Å². The molecule has 1 aromatic carbocycles. The topological polar surface area (TPSA) is 99.2 Å². The molecule has 2 aromatic rings. The van der Waals surface area contributed by atoms with Gasteiger partial charge in [0.25, 0.3) is 5.91 Å². The summed E-state index contributed by atoms with van der Waals surface area (Å²) in [6, 6.07) is 8.56. The van der Waals surface area contributed by atoms with Crippen molar-refractivity contribution in [3.05, 3.63) is 41.5 Å². The second-order valence-corrected chi connectivity index (χ2v) is 6.29. The van der Waals surface area contributed by atoms with Gasteiger partial charge in [-0.2, -0.15) is 4.98 Å². The van der Waals surface area contributed by atoms with Crippen LogP contribution in [0.4, 0.5) is 5.69 Å². The second-order valence-electron chi connectivity index (χ2n) is 6.29. The molecule has 2 heterocycles. The number of amides is 2. The smallest absolute Gasteiger partial charge is 0.259 e. The zero-order chi connectivity index (χ0) is 20.8. The molecular formula is C20H23N3O6. The lowest BCUT2D eigenvalue weighted by Gasteiger charge is -2.21. The van der Waals surface area contributed by atoms with E-state index < -0.39 is 0 Å². The lowest BCUT2D eigenvalue weighted by Crippen LogP contribution is -2.32. The van der Waals surface area contributed by atoms with Crippen LogP contribution in [0.25, 0.3) is 0 Å². The summed E-state index contributed by atoms with van der Waals surface area (Å²) in [4.78, 5) is 30.7. The standard InChI is InChI=1S/C20H23N3O6/c1-26-12-17(24)21-14-4-6-16-13(10-14)11-23(8-9-29-16)20(25)15-5-7-18(27-2)22-19(15)28-3/h4-7,10H,8-9,11-12H2,1-3H3,(H,21,24). The third-order valence-corrected chi connectivity index (χ3v) is 4.35. The van der Waals surface area contributed by atoms with Crippen molar-refractivity contribution in [3.63, 3.8) is 0 Å². The first-order valence-electron chi connectivity index (χ1n) is 8.98. The molecule has 2 amide bonds. The first-order valence-corrected chi connectivity index (χ1v) is 8.98. The van der Waals surface area contributed by atoms with Crippen molar-refractivity contribution in [3.8, 4) is 17.5 Å². The summed E-state index contributed by atoms with van der Waals surface area (Å²) in [6.45, 7) is 1.02. The summed E-state index contributed by atoms with van der Waals surface area (Å²) in [7, 11) is 4.40. The minimum absolute atomic E-state index is 0.0392. The second kappa shape index (κ2) is 9.24. The van der Waals surface area contributed by atoms with Crippen molar-refractivity contribution in [1.29, 1.82) is 0 Å². The maximum atomic E-state index is 13.1. The van der Waals surface area contributed by atoms with E-state index in [0.29, 0.717) is 42.6 Å². The maximum absolute atomic E-state index is 13.1. The van der Waals surface area contributed by atoms with E-state index in [4.69, 9.17) is 18.9 Å². The Hall–Kier alpha value is -3.33. The molecule has 3 rings (SSSR count). The fraction of sp³-hybridized carbons (Fsp3) is 0.350. The van der Waals surface area contributed by atoms with Crippen molar-refractivity contribution in [2.24, 2.45) is 0 Å². The molecule has 0 bridgehead atoms. The molecule has 1 aliphatic heterocycles. The minimum atomic E-state index is -0.260. The number of methoxy groups -OCH3 is 3. The van der Waals surface area contributed by atoms with Crippen LogP contribution in [0, 0.1) is 0 Å². The van der Waals surface area contributed by atoms with Gasteiger partial charge in [-0.1, -0.05) is 0 Å². The SMILES string of the molecule is COCC(=O)Nc1ccc2c(c1)CN(C(=O)c1ccc(OC)nc1OC)CCO2. The lowest BCUT2D eigenvalue weighted by molar-refractivity contribution is -0.119. The quantitative estimate of drug-likeness (QED) is 0.787. The molecule has 29 heavy (non-hydrogen) atoms. The maximum Gasteiger partial charge on any atom is 0.259 e. The highest BCUT2D eigenvalue weighted by Gasteiger charge is 2.25. The van der Waals surface area contributed by atoms with Crippen molar-refractivity contribution in [2.75, 3.05) is 46.4 Å². The average molecular weight is 401 g/mol. The molecule has 0 radical (unpaired) electrons. The molecule has 9 heteroatoms. The van der Waals surface area contributed by atoms with Crippen LogP contribution >= 0.6 is 0 Å². The number of carbonyl (C=O) groups is 2. The Bertz CT molecular complexity index is 902. The number of benzene rings is 1. The molecule has 0 saturated heterocycles. The summed E-state index contributed by atoms with van der Waals surface area (Å²) in [5.41, 5.74) is 1.72. The number of carbonyl (C=O) groups excluding carboxylic acids is 2. The predicted molar refractivity (Wildman–Crippen MR) is 105 cm³/mol. The number of aromatic nitrogens is 1. The van der Waals surface area contributed by atoms with Crippen LogP contribution in [0.15, 0.2) is 30.3 Å².